The van der Waals surface area contributed by atoms with E-state index >= 15 is 0 Å². The van der Waals surface area contributed by atoms with Crippen LogP contribution < -0.4 is 5.32 Å². The first-order chi connectivity index (χ1) is 7.94. The molecule has 0 aromatic heterocycles. The second-order valence-electron chi connectivity index (χ2n) is 5.05. The van der Waals surface area contributed by atoms with Crippen LogP contribution in [0.3, 0.4) is 0 Å². The largest absolute Gasteiger partial charge is 0.508 e. The average molecular weight is 239 g/mol. The Morgan fingerprint density at radius 2 is 1.94 bits per heavy atom. The van der Waals surface area contributed by atoms with Crippen LogP contribution in [-0.4, -0.2) is 28.5 Å². The van der Waals surface area contributed by atoms with E-state index in [1.807, 2.05) is 0 Å². The summed E-state index contributed by atoms with van der Waals surface area (Å²) in [5, 5.41) is 30.9. The molecule has 0 fully saturated rings. The Bertz CT molecular complexity index is 364. The van der Waals surface area contributed by atoms with Gasteiger partial charge in [-0.05, 0) is 17.9 Å². The summed E-state index contributed by atoms with van der Waals surface area (Å²) in [4.78, 5) is 0. The van der Waals surface area contributed by atoms with Gasteiger partial charge in [-0.15, -0.1) is 0 Å². The van der Waals surface area contributed by atoms with Gasteiger partial charge < -0.3 is 20.6 Å². The van der Waals surface area contributed by atoms with Gasteiger partial charge in [0.25, 0.3) is 0 Å². The Morgan fingerprint density at radius 1 is 1.24 bits per heavy atom. The lowest BCUT2D eigenvalue weighted by atomic mass is 9.90. The van der Waals surface area contributed by atoms with Crippen molar-refractivity contribution in [2.45, 2.75) is 26.8 Å². The van der Waals surface area contributed by atoms with Crippen molar-refractivity contribution in [1.82, 2.24) is 5.32 Å². The van der Waals surface area contributed by atoms with E-state index in [0.717, 1.165) is 18.5 Å². The summed E-state index contributed by atoms with van der Waals surface area (Å²) in [7, 11) is 0. The zero-order chi connectivity index (χ0) is 12.9. The van der Waals surface area contributed by atoms with Gasteiger partial charge in [0.1, 0.15) is 11.5 Å². The Kier molecular flexibility index (Phi) is 4.78. The number of benzene rings is 1. The molecule has 4 N–H and O–H groups in total. The standard InChI is InChI=1S/C13H21NO3/c1-13(2,5-6-15)9-14-8-10-3-4-11(16)7-12(10)17/h3-4,7,14-17H,5-6,8-9H2,1-2H3. The van der Waals surface area contributed by atoms with Crippen LogP contribution in [0.25, 0.3) is 0 Å². The van der Waals surface area contributed by atoms with Gasteiger partial charge in [0.15, 0.2) is 0 Å². The third-order valence-electron chi connectivity index (χ3n) is 2.78. The number of phenolic OH excluding ortho intramolecular Hbond substituents is 2. The summed E-state index contributed by atoms with van der Waals surface area (Å²) in [5.74, 6) is 0.157. The molecule has 0 bridgehead atoms. The molecule has 0 aliphatic carbocycles. The normalized spacial score (nSPS) is 11.7. The number of phenols is 2. The van der Waals surface area contributed by atoms with Crippen LogP contribution in [0.1, 0.15) is 25.8 Å². The van der Waals surface area contributed by atoms with Crippen LogP contribution in [0.4, 0.5) is 0 Å². The van der Waals surface area contributed by atoms with E-state index in [1.165, 1.54) is 6.07 Å². The summed E-state index contributed by atoms with van der Waals surface area (Å²) < 4.78 is 0. The van der Waals surface area contributed by atoms with Gasteiger partial charge in [0.05, 0.1) is 0 Å². The Labute approximate surface area is 102 Å². The lowest BCUT2D eigenvalue weighted by molar-refractivity contribution is 0.207. The first-order valence-electron chi connectivity index (χ1n) is 5.77. The molecule has 96 valence electrons. The van der Waals surface area contributed by atoms with Crippen LogP contribution in [0.2, 0.25) is 0 Å². The van der Waals surface area contributed by atoms with Crippen LogP contribution in [0, 0.1) is 5.41 Å². The van der Waals surface area contributed by atoms with Crippen molar-refractivity contribution in [2.24, 2.45) is 5.41 Å². The summed E-state index contributed by atoms with van der Waals surface area (Å²) in [5.41, 5.74) is 0.781. The van der Waals surface area contributed by atoms with Crippen LogP contribution in [0.5, 0.6) is 11.5 Å². The van der Waals surface area contributed by atoms with E-state index in [9.17, 15) is 5.11 Å². The first kappa shape index (κ1) is 13.8. The van der Waals surface area contributed by atoms with Crippen LogP contribution in [-0.2, 0) is 6.54 Å². The highest BCUT2D eigenvalue weighted by Gasteiger charge is 2.16. The SMILES string of the molecule is CC(C)(CCO)CNCc1ccc(O)cc1O. The van der Waals surface area contributed by atoms with Gasteiger partial charge in [-0.3, -0.25) is 0 Å². The molecule has 0 aliphatic heterocycles. The van der Waals surface area contributed by atoms with Crippen LogP contribution in [0.15, 0.2) is 18.2 Å². The predicted molar refractivity (Wildman–Crippen MR) is 67.0 cm³/mol. The summed E-state index contributed by atoms with van der Waals surface area (Å²) in [6, 6.07) is 4.57. The zero-order valence-corrected chi connectivity index (χ0v) is 10.4. The fourth-order valence-electron chi connectivity index (χ4n) is 1.63. The van der Waals surface area contributed by atoms with Crippen molar-refractivity contribution in [1.29, 1.82) is 0 Å². The lowest BCUT2D eigenvalue weighted by Gasteiger charge is -2.24. The number of rotatable bonds is 6. The van der Waals surface area contributed by atoms with Crippen molar-refractivity contribution < 1.29 is 15.3 Å². The summed E-state index contributed by atoms with van der Waals surface area (Å²) in [6.45, 7) is 5.63. The zero-order valence-electron chi connectivity index (χ0n) is 10.4. The van der Waals surface area contributed by atoms with Gasteiger partial charge in [-0.2, -0.15) is 0 Å². The van der Waals surface area contributed by atoms with Gasteiger partial charge in [0, 0.05) is 31.3 Å². The van der Waals surface area contributed by atoms with Crippen molar-refractivity contribution in [3.8, 4) is 11.5 Å². The van der Waals surface area contributed by atoms with Gasteiger partial charge >= 0.3 is 0 Å². The second kappa shape index (κ2) is 5.89. The number of nitrogens with one attached hydrogen (secondary N) is 1. The third kappa shape index (κ3) is 4.63. The maximum Gasteiger partial charge on any atom is 0.123 e. The highest BCUT2D eigenvalue weighted by atomic mass is 16.3. The maximum absolute atomic E-state index is 9.58. The Hall–Kier alpha value is -1.26. The monoisotopic (exact) mass is 239 g/mol. The van der Waals surface area contributed by atoms with Gasteiger partial charge in [-0.1, -0.05) is 19.9 Å². The minimum Gasteiger partial charge on any atom is -0.508 e. The van der Waals surface area contributed by atoms with Crippen LogP contribution >= 0.6 is 0 Å². The van der Waals surface area contributed by atoms with Crippen molar-refractivity contribution in [3.63, 3.8) is 0 Å². The molecule has 0 saturated heterocycles. The lowest BCUT2D eigenvalue weighted by Crippen LogP contribution is -2.29. The van der Waals surface area contributed by atoms with Crippen molar-refractivity contribution in [2.75, 3.05) is 13.2 Å². The predicted octanol–water partition coefficient (Wildman–Crippen LogP) is 1.60. The molecule has 0 unspecified atom stereocenters. The molecule has 1 aromatic carbocycles. The summed E-state index contributed by atoms with van der Waals surface area (Å²) >= 11 is 0. The highest BCUT2D eigenvalue weighted by molar-refractivity contribution is 5.38. The van der Waals surface area contributed by atoms with Gasteiger partial charge in [-0.25, -0.2) is 0 Å². The quantitative estimate of drug-likeness (QED) is 0.608. The molecule has 17 heavy (non-hydrogen) atoms. The average Bonchev–Trinajstić information content (AvgIpc) is 2.21. The van der Waals surface area contributed by atoms with Gasteiger partial charge in [0.2, 0.25) is 0 Å². The smallest absolute Gasteiger partial charge is 0.123 e. The van der Waals surface area contributed by atoms with Crippen molar-refractivity contribution >= 4 is 0 Å². The molecule has 0 spiro atoms. The molecule has 0 heterocycles. The molecule has 1 aromatic rings. The minimum atomic E-state index is 0.0291. The third-order valence-corrected chi connectivity index (χ3v) is 2.78. The first-order valence-corrected chi connectivity index (χ1v) is 5.77. The Balaban J connectivity index is 2.46. The molecule has 0 radical (unpaired) electrons. The van der Waals surface area contributed by atoms with E-state index in [2.05, 4.69) is 19.2 Å². The molecule has 4 heteroatoms. The maximum atomic E-state index is 9.58. The molecule has 0 saturated carbocycles. The molecular formula is C13H21NO3. The number of hydrogen-bond donors (Lipinski definition) is 4. The van der Waals surface area contributed by atoms with E-state index in [-0.39, 0.29) is 23.5 Å². The number of hydrogen-bond acceptors (Lipinski definition) is 4. The Morgan fingerprint density at radius 3 is 2.53 bits per heavy atom. The van der Waals surface area contributed by atoms with Crippen molar-refractivity contribution in [3.05, 3.63) is 23.8 Å². The molecular weight excluding hydrogens is 218 g/mol. The fraction of sp³-hybridized carbons (Fsp3) is 0.538. The number of aromatic hydroxyl groups is 2. The number of aliphatic hydroxyl groups is 1. The minimum absolute atomic E-state index is 0.0291. The molecule has 0 atom stereocenters. The fourth-order valence-corrected chi connectivity index (χ4v) is 1.63. The number of aliphatic hydroxyl groups excluding tert-OH is 1. The highest BCUT2D eigenvalue weighted by Crippen LogP contribution is 2.23. The molecule has 1 rings (SSSR count). The molecule has 0 aliphatic rings. The van der Waals surface area contributed by atoms with E-state index in [1.54, 1.807) is 12.1 Å². The van der Waals surface area contributed by atoms with E-state index in [0.29, 0.717) is 6.54 Å². The molecule has 4 nitrogen and oxygen atoms in total. The molecule has 0 amide bonds. The van der Waals surface area contributed by atoms with E-state index in [4.69, 9.17) is 10.2 Å². The summed E-state index contributed by atoms with van der Waals surface area (Å²) in [6.07, 6.45) is 0.738. The second-order valence-corrected chi connectivity index (χ2v) is 5.05. The topological polar surface area (TPSA) is 72.7 Å². The van der Waals surface area contributed by atoms with E-state index < -0.39 is 0 Å².